The Balaban J connectivity index is 1.56. The summed E-state index contributed by atoms with van der Waals surface area (Å²) in [5, 5.41) is 1.22. The maximum absolute atomic E-state index is 12.6. The minimum Gasteiger partial charge on any atom is -0.489 e. The third-order valence-electron chi connectivity index (χ3n) is 7.49. The first-order valence-corrected chi connectivity index (χ1v) is 14.5. The van der Waals surface area contributed by atoms with Crippen molar-refractivity contribution in [2.45, 2.75) is 38.2 Å². The summed E-state index contributed by atoms with van der Waals surface area (Å²) in [7, 11) is 0. The lowest BCUT2D eigenvalue weighted by molar-refractivity contribution is 0.198. The average molecular weight is 585 g/mol. The predicted octanol–water partition coefficient (Wildman–Crippen LogP) is 7.24. The Hall–Kier alpha value is -2.48. The zero-order valence-corrected chi connectivity index (χ0v) is 24.0. The van der Waals surface area contributed by atoms with Crippen LogP contribution in [-0.2, 0) is 6.42 Å². The summed E-state index contributed by atoms with van der Waals surface area (Å²) >= 11 is 18.7. The molecule has 1 aliphatic carbocycles. The van der Waals surface area contributed by atoms with E-state index in [0.29, 0.717) is 21.5 Å². The molecule has 1 atom stereocenters. The van der Waals surface area contributed by atoms with Crippen LogP contribution in [-0.4, -0.2) is 42.3 Å². The van der Waals surface area contributed by atoms with E-state index < -0.39 is 0 Å². The summed E-state index contributed by atoms with van der Waals surface area (Å²) in [6, 6.07) is 20.2. The SMILES string of the molecule is NNC(=S)c1cccc2c1C(c1ccc(O[C@H]3CCN(CCCF)C3)cc1)=C(c1ccc(Cl)cc1Cl)CCC2. The van der Waals surface area contributed by atoms with Gasteiger partial charge in [0.2, 0.25) is 0 Å². The molecule has 1 saturated heterocycles. The van der Waals surface area contributed by atoms with E-state index in [4.69, 9.17) is 46.0 Å². The number of aryl methyl sites for hydroxylation is 1. The second kappa shape index (κ2) is 12.8. The summed E-state index contributed by atoms with van der Waals surface area (Å²) < 4.78 is 18.9. The Kier molecular flexibility index (Phi) is 9.21. The van der Waals surface area contributed by atoms with Crippen LogP contribution in [0.4, 0.5) is 4.39 Å². The van der Waals surface area contributed by atoms with Crippen LogP contribution in [0.3, 0.4) is 0 Å². The number of fused-ring (bicyclic) bond motifs is 1. The molecule has 204 valence electrons. The van der Waals surface area contributed by atoms with Gasteiger partial charge in [0.15, 0.2) is 0 Å². The molecule has 3 aromatic rings. The molecule has 39 heavy (non-hydrogen) atoms. The Morgan fingerprint density at radius 1 is 1.10 bits per heavy atom. The number of nitrogens with one attached hydrogen (secondary N) is 1. The first-order valence-electron chi connectivity index (χ1n) is 13.4. The van der Waals surface area contributed by atoms with Crippen LogP contribution in [0.5, 0.6) is 5.75 Å². The van der Waals surface area contributed by atoms with E-state index in [0.717, 1.165) is 84.5 Å². The second-order valence-corrected chi connectivity index (χ2v) is 11.3. The van der Waals surface area contributed by atoms with Crippen molar-refractivity contribution in [2.24, 2.45) is 5.84 Å². The summed E-state index contributed by atoms with van der Waals surface area (Å²) in [6.45, 7) is 2.27. The van der Waals surface area contributed by atoms with Gasteiger partial charge < -0.3 is 10.2 Å². The van der Waals surface area contributed by atoms with Crippen molar-refractivity contribution in [2.75, 3.05) is 26.3 Å². The number of allylic oxidation sites excluding steroid dienone is 1. The number of alkyl halides is 1. The number of thiocarbonyl (C=S) groups is 1. The van der Waals surface area contributed by atoms with E-state index in [9.17, 15) is 4.39 Å². The molecular weight excluding hydrogens is 552 g/mol. The van der Waals surface area contributed by atoms with E-state index in [-0.39, 0.29) is 12.8 Å². The van der Waals surface area contributed by atoms with Crippen molar-refractivity contribution >= 4 is 51.6 Å². The van der Waals surface area contributed by atoms with Crippen LogP contribution in [0.2, 0.25) is 10.0 Å². The predicted molar refractivity (Wildman–Crippen MR) is 163 cm³/mol. The minimum atomic E-state index is -0.278. The number of ether oxygens (including phenoxy) is 1. The van der Waals surface area contributed by atoms with E-state index in [1.165, 1.54) is 5.56 Å². The van der Waals surface area contributed by atoms with Crippen LogP contribution in [0.25, 0.3) is 11.1 Å². The number of likely N-dealkylation sites (tertiary alicyclic amines) is 1. The average Bonchev–Trinajstić information content (AvgIpc) is 3.30. The van der Waals surface area contributed by atoms with Crippen LogP contribution < -0.4 is 16.0 Å². The van der Waals surface area contributed by atoms with Crippen molar-refractivity contribution in [3.63, 3.8) is 0 Å². The zero-order valence-electron chi connectivity index (χ0n) is 21.7. The third kappa shape index (κ3) is 6.31. The Bertz CT molecular complexity index is 1380. The van der Waals surface area contributed by atoms with Gasteiger partial charge in [-0.05, 0) is 89.8 Å². The van der Waals surface area contributed by atoms with Gasteiger partial charge in [0.05, 0.1) is 6.67 Å². The molecule has 0 aromatic heterocycles. The van der Waals surface area contributed by atoms with Gasteiger partial charge in [-0.3, -0.25) is 9.29 Å². The summed E-state index contributed by atoms with van der Waals surface area (Å²) in [5.41, 5.74) is 10.1. The number of hydrogen-bond donors (Lipinski definition) is 2. The molecule has 0 spiro atoms. The fraction of sp³-hybridized carbons (Fsp3) is 0.323. The van der Waals surface area contributed by atoms with Crippen LogP contribution in [0, 0.1) is 0 Å². The number of rotatable bonds is 8. The van der Waals surface area contributed by atoms with Crippen LogP contribution >= 0.6 is 35.4 Å². The fourth-order valence-electron chi connectivity index (χ4n) is 5.70. The number of nitrogens with two attached hydrogens (primary N) is 1. The number of hydrogen-bond acceptors (Lipinski definition) is 4. The topological polar surface area (TPSA) is 50.5 Å². The molecule has 0 unspecified atom stereocenters. The van der Waals surface area contributed by atoms with Crippen molar-refractivity contribution in [1.29, 1.82) is 0 Å². The molecular formula is C31H32Cl2FN3OS. The number of halogens is 3. The highest BCUT2D eigenvalue weighted by Gasteiger charge is 2.26. The molecule has 3 N–H and O–H groups in total. The number of nitrogens with zero attached hydrogens (tertiary/aromatic N) is 1. The molecule has 4 nitrogen and oxygen atoms in total. The maximum atomic E-state index is 12.6. The smallest absolute Gasteiger partial charge is 0.121 e. The van der Waals surface area contributed by atoms with Crippen molar-refractivity contribution < 1.29 is 9.13 Å². The molecule has 1 heterocycles. The van der Waals surface area contributed by atoms with Gasteiger partial charge in [-0.25, -0.2) is 5.84 Å². The van der Waals surface area contributed by atoms with E-state index >= 15 is 0 Å². The second-order valence-electron chi connectivity index (χ2n) is 10.0. The lowest BCUT2D eigenvalue weighted by Crippen LogP contribution is -2.30. The number of benzene rings is 3. The lowest BCUT2D eigenvalue weighted by Gasteiger charge is -2.21. The van der Waals surface area contributed by atoms with E-state index in [2.05, 4.69) is 28.5 Å². The Morgan fingerprint density at radius 2 is 1.92 bits per heavy atom. The van der Waals surface area contributed by atoms with Gasteiger partial charge in [0, 0.05) is 35.2 Å². The number of hydrazine groups is 1. The highest BCUT2D eigenvalue weighted by molar-refractivity contribution is 7.80. The van der Waals surface area contributed by atoms with Gasteiger partial charge in [0.25, 0.3) is 0 Å². The molecule has 0 bridgehead atoms. The Morgan fingerprint density at radius 3 is 2.67 bits per heavy atom. The summed E-state index contributed by atoms with van der Waals surface area (Å²) in [4.78, 5) is 2.76. The molecule has 3 aromatic carbocycles. The van der Waals surface area contributed by atoms with Crippen molar-refractivity contribution in [1.82, 2.24) is 10.3 Å². The normalized spacial score (nSPS) is 17.6. The molecule has 0 radical (unpaired) electrons. The summed E-state index contributed by atoms with van der Waals surface area (Å²) in [5.74, 6) is 6.62. The quantitative estimate of drug-likeness (QED) is 0.166. The molecule has 1 aliphatic heterocycles. The van der Waals surface area contributed by atoms with Gasteiger partial charge in [-0.1, -0.05) is 71.8 Å². The molecule has 1 fully saturated rings. The highest BCUT2D eigenvalue weighted by Crippen LogP contribution is 2.43. The van der Waals surface area contributed by atoms with E-state index in [1.54, 1.807) is 6.07 Å². The first kappa shape index (κ1) is 28.1. The zero-order chi connectivity index (χ0) is 27.4. The van der Waals surface area contributed by atoms with Crippen LogP contribution in [0.15, 0.2) is 60.7 Å². The van der Waals surface area contributed by atoms with Crippen LogP contribution in [0.1, 0.15) is 53.5 Å². The Labute approximate surface area is 244 Å². The first-order chi connectivity index (χ1) is 19.0. The molecule has 0 saturated carbocycles. The minimum absolute atomic E-state index is 0.108. The van der Waals surface area contributed by atoms with Gasteiger partial charge in [-0.15, -0.1) is 0 Å². The van der Waals surface area contributed by atoms with Crippen molar-refractivity contribution in [3.8, 4) is 5.75 Å². The van der Waals surface area contributed by atoms with Gasteiger partial charge in [0.1, 0.15) is 16.8 Å². The largest absolute Gasteiger partial charge is 0.489 e. The summed E-state index contributed by atoms with van der Waals surface area (Å²) in [6.07, 6.45) is 4.36. The molecule has 5 rings (SSSR count). The molecule has 0 amide bonds. The third-order valence-corrected chi connectivity index (χ3v) is 8.38. The van der Waals surface area contributed by atoms with E-state index in [1.807, 2.05) is 36.4 Å². The standard InChI is InChI=1S/C31H32Cl2FN3OS/c32-22-10-13-25(28(33)18-22)26-6-1-4-20-5-2-7-27(31(39)36-35)30(20)29(26)21-8-11-23(12-9-21)38-24-14-17-37(19-24)16-3-15-34/h2,5,7-13,18,24H,1,3-4,6,14-17,19,35H2,(H,36,39)/t24-/m0/s1. The van der Waals surface area contributed by atoms with Gasteiger partial charge in [-0.2, -0.15) is 0 Å². The lowest BCUT2D eigenvalue weighted by atomic mass is 9.85. The molecule has 2 aliphatic rings. The fourth-order valence-corrected chi connectivity index (χ4v) is 6.39. The maximum Gasteiger partial charge on any atom is 0.121 e. The highest BCUT2D eigenvalue weighted by atomic mass is 35.5. The molecule has 8 heteroatoms. The van der Waals surface area contributed by atoms with Crippen molar-refractivity contribution in [3.05, 3.63) is 98.5 Å². The van der Waals surface area contributed by atoms with Gasteiger partial charge >= 0.3 is 0 Å². The monoisotopic (exact) mass is 583 g/mol.